The number of ether oxygens (including phenoxy) is 2. The Morgan fingerprint density at radius 1 is 1.76 bits per heavy atom. The highest BCUT2D eigenvalue weighted by molar-refractivity contribution is 9.10. The number of aliphatic hydroxyl groups excluding tert-OH is 1. The van der Waals surface area contributed by atoms with Crippen LogP contribution in [0, 0.1) is 0 Å². The first kappa shape index (κ1) is 13.0. The Labute approximate surface area is 109 Å². The van der Waals surface area contributed by atoms with Crippen LogP contribution in [0.1, 0.15) is 24.6 Å². The zero-order valence-electron chi connectivity index (χ0n) is 9.80. The number of hydrogen-bond donors (Lipinski definition) is 1. The maximum Gasteiger partial charge on any atom is 0.123 e. The van der Waals surface area contributed by atoms with Crippen LogP contribution in [-0.2, 0) is 16.0 Å². The third kappa shape index (κ3) is 2.88. The van der Waals surface area contributed by atoms with E-state index in [2.05, 4.69) is 21.0 Å². The molecule has 0 aromatic carbocycles. The van der Waals surface area contributed by atoms with Gasteiger partial charge in [0, 0.05) is 13.7 Å². The molecule has 2 atom stereocenters. The Morgan fingerprint density at radius 3 is 3.24 bits per heavy atom. The van der Waals surface area contributed by atoms with E-state index in [0.717, 1.165) is 29.6 Å². The van der Waals surface area contributed by atoms with Crippen molar-refractivity contribution < 1.29 is 14.6 Å². The van der Waals surface area contributed by atoms with Crippen LogP contribution in [0.4, 0.5) is 0 Å². The number of methoxy groups -OCH3 is 1. The molecule has 0 bridgehead atoms. The van der Waals surface area contributed by atoms with E-state index in [0.29, 0.717) is 13.2 Å². The summed E-state index contributed by atoms with van der Waals surface area (Å²) in [5, 5.41) is 14.5. The Kier molecular flexibility index (Phi) is 4.55. The van der Waals surface area contributed by atoms with Gasteiger partial charge in [0.05, 0.1) is 35.6 Å². The number of aliphatic hydroxyl groups is 1. The van der Waals surface area contributed by atoms with Crippen LogP contribution in [0.25, 0.3) is 0 Å². The average molecular weight is 305 g/mol. The quantitative estimate of drug-likeness (QED) is 0.896. The predicted octanol–water partition coefficient (Wildman–Crippen LogP) is 1.50. The van der Waals surface area contributed by atoms with Gasteiger partial charge in [-0.3, -0.25) is 4.68 Å². The van der Waals surface area contributed by atoms with E-state index in [4.69, 9.17) is 9.47 Å². The number of rotatable bonds is 5. The van der Waals surface area contributed by atoms with Gasteiger partial charge in [-0.15, -0.1) is 0 Å². The van der Waals surface area contributed by atoms with Gasteiger partial charge in [0.25, 0.3) is 0 Å². The average Bonchev–Trinajstić information content (AvgIpc) is 2.95. The maximum atomic E-state index is 10.3. The highest BCUT2D eigenvalue weighted by Gasteiger charge is 2.29. The first-order valence-corrected chi connectivity index (χ1v) is 6.53. The Bertz CT molecular complexity index is 364. The largest absolute Gasteiger partial charge is 0.384 e. The minimum atomic E-state index is -0.633. The lowest BCUT2D eigenvalue weighted by Crippen LogP contribution is -2.22. The van der Waals surface area contributed by atoms with Crippen LogP contribution in [0.3, 0.4) is 0 Å². The van der Waals surface area contributed by atoms with E-state index >= 15 is 0 Å². The second kappa shape index (κ2) is 5.95. The van der Waals surface area contributed by atoms with Crippen molar-refractivity contribution in [1.82, 2.24) is 9.78 Å². The summed E-state index contributed by atoms with van der Waals surface area (Å²) in [6.45, 7) is 1.92. The first-order chi connectivity index (χ1) is 8.24. The van der Waals surface area contributed by atoms with E-state index in [1.807, 2.05) is 0 Å². The van der Waals surface area contributed by atoms with Crippen molar-refractivity contribution in [2.45, 2.75) is 31.6 Å². The molecule has 6 heteroatoms. The monoisotopic (exact) mass is 304 g/mol. The molecule has 5 nitrogen and oxygen atoms in total. The molecule has 2 heterocycles. The first-order valence-electron chi connectivity index (χ1n) is 5.74. The van der Waals surface area contributed by atoms with Crippen molar-refractivity contribution in [2.24, 2.45) is 0 Å². The lowest BCUT2D eigenvalue weighted by atomic mass is 10.1. The summed E-state index contributed by atoms with van der Waals surface area (Å²) in [6, 6.07) is 0. The Hall–Kier alpha value is -0.430. The van der Waals surface area contributed by atoms with Gasteiger partial charge in [0.15, 0.2) is 0 Å². The van der Waals surface area contributed by atoms with Crippen molar-refractivity contribution in [1.29, 1.82) is 0 Å². The summed E-state index contributed by atoms with van der Waals surface area (Å²) in [5.41, 5.74) is 0.772. The van der Waals surface area contributed by atoms with E-state index in [-0.39, 0.29) is 6.10 Å². The Morgan fingerprint density at radius 2 is 2.59 bits per heavy atom. The van der Waals surface area contributed by atoms with Gasteiger partial charge in [0.1, 0.15) is 6.10 Å². The van der Waals surface area contributed by atoms with Crippen molar-refractivity contribution >= 4 is 15.9 Å². The van der Waals surface area contributed by atoms with Gasteiger partial charge in [-0.05, 0) is 28.8 Å². The topological polar surface area (TPSA) is 56.5 Å². The van der Waals surface area contributed by atoms with Crippen molar-refractivity contribution in [2.75, 3.05) is 20.3 Å². The molecular formula is C11H17BrN2O3. The molecule has 1 N–H and O–H groups in total. The van der Waals surface area contributed by atoms with E-state index in [1.165, 1.54) is 0 Å². The van der Waals surface area contributed by atoms with Gasteiger partial charge < -0.3 is 14.6 Å². The van der Waals surface area contributed by atoms with Crippen LogP contribution < -0.4 is 0 Å². The minimum absolute atomic E-state index is 0.121. The second-order valence-electron chi connectivity index (χ2n) is 4.09. The highest BCUT2D eigenvalue weighted by atomic mass is 79.9. The number of halogens is 1. The molecule has 2 unspecified atom stereocenters. The Balaban J connectivity index is 2.14. The van der Waals surface area contributed by atoms with Gasteiger partial charge in [-0.25, -0.2) is 0 Å². The van der Waals surface area contributed by atoms with Crippen LogP contribution in [0.5, 0.6) is 0 Å². The van der Waals surface area contributed by atoms with Gasteiger partial charge >= 0.3 is 0 Å². The molecule has 0 amide bonds. The lowest BCUT2D eigenvalue weighted by Gasteiger charge is -2.19. The summed E-state index contributed by atoms with van der Waals surface area (Å²) >= 11 is 3.42. The van der Waals surface area contributed by atoms with Gasteiger partial charge in [0.2, 0.25) is 0 Å². The zero-order valence-corrected chi connectivity index (χ0v) is 11.4. The van der Waals surface area contributed by atoms with E-state index in [9.17, 15) is 5.11 Å². The molecule has 0 spiro atoms. The summed E-state index contributed by atoms with van der Waals surface area (Å²) in [6.07, 6.45) is 2.84. The smallest absolute Gasteiger partial charge is 0.123 e. The van der Waals surface area contributed by atoms with Crippen LogP contribution >= 0.6 is 15.9 Å². The fraction of sp³-hybridized carbons (Fsp3) is 0.727. The molecule has 1 aromatic heterocycles. The van der Waals surface area contributed by atoms with Crippen molar-refractivity contribution in [3.8, 4) is 0 Å². The molecule has 1 aromatic rings. The minimum Gasteiger partial charge on any atom is -0.384 e. The van der Waals surface area contributed by atoms with Crippen LogP contribution in [-0.4, -0.2) is 41.3 Å². The third-order valence-electron chi connectivity index (χ3n) is 2.94. The van der Waals surface area contributed by atoms with Gasteiger partial charge in [-0.1, -0.05) is 0 Å². The molecular weight excluding hydrogens is 288 g/mol. The highest BCUT2D eigenvalue weighted by Crippen LogP contribution is 2.31. The van der Waals surface area contributed by atoms with Crippen molar-refractivity contribution in [3.63, 3.8) is 0 Å². The maximum absolute atomic E-state index is 10.3. The van der Waals surface area contributed by atoms with E-state index < -0.39 is 6.10 Å². The SMILES string of the molecule is COCCn1ncc(Br)c1C(O)C1CCCO1. The molecule has 1 aliphatic heterocycles. The summed E-state index contributed by atoms with van der Waals surface area (Å²) in [4.78, 5) is 0. The molecule has 2 rings (SSSR count). The summed E-state index contributed by atoms with van der Waals surface area (Å²) in [7, 11) is 1.65. The fourth-order valence-electron chi connectivity index (χ4n) is 2.05. The van der Waals surface area contributed by atoms with Crippen LogP contribution in [0.15, 0.2) is 10.7 Å². The molecule has 1 saturated heterocycles. The fourth-order valence-corrected chi connectivity index (χ4v) is 2.58. The summed E-state index contributed by atoms with van der Waals surface area (Å²) in [5.74, 6) is 0. The number of nitrogens with zero attached hydrogens (tertiary/aromatic N) is 2. The number of aromatic nitrogens is 2. The second-order valence-corrected chi connectivity index (χ2v) is 4.94. The number of hydrogen-bond acceptors (Lipinski definition) is 4. The predicted molar refractivity (Wildman–Crippen MR) is 65.7 cm³/mol. The van der Waals surface area contributed by atoms with Gasteiger partial charge in [-0.2, -0.15) is 5.10 Å². The zero-order chi connectivity index (χ0) is 12.3. The van der Waals surface area contributed by atoms with Crippen LogP contribution in [0.2, 0.25) is 0 Å². The third-order valence-corrected chi connectivity index (χ3v) is 3.55. The summed E-state index contributed by atoms with van der Waals surface area (Å²) < 4.78 is 13.1. The lowest BCUT2D eigenvalue weighted by molar-refractivity contribution is -0.00782. The molecule has 17 heavy (non-hydrogen) atoms. The van der Waals surface area contributed by atoms with Crippen molar-refractivity contribution in [3.05, 3.63) is 16.4 Å². The molecule has 1 fully saturated rings. The molecule has 0 aliphatic carbocycles. The normalized spacial score (nSPS) is 21.9. The molecule has 0 radical (unpaired) electrons. The molecule has 96 valence electrons. The molecule has 1 aliphatic rings. The van der Waals surface area contributed by atoms with E-state index in [1.54, 1.807) is 18.0 Å². The standard InChI is InChI=1S/C11H17BrN2O3/c1-16-6-4-14-10(8(12)7-13-14)11(15)9-3-2-5-17-9/h7,9,11,15H,2-6H2,1H3. The molecule has 0 saturated carbocycles.